The molecule has 2 aliphatic rings. The average molecular weight is 566 g/mol. The summed E-state index contributed by atoms with van der Waals surface area (Å²) in [4.78, 5) is 32.0. The van der Waals surface area contributed by atoms with Gasteiger partial charge in [-0.1, -0.05) is 49.0 Å². The van der Waals surface area contributed by atoms with Crippen LogP contribution >= 0.6 is 0 Å². The Morgan fingerprint density at radius 2 is 1.86 bits per heavy atom. The number of hydrogen-bond donors (Lipinski definition) is 2. The summed E-state index contributed by atoms with van der Waals surface area (Å²) in [5.74, 6) is 1.57. The first-order valence-corrected chi connectivity index (χ1v) is 14.1. The van der Waals surface area contributed by atoms with Gasteiger partial charge in [0.2, 0.25) is 5.91 Å². The lowest BCUT2D eigenvalue weighted by atomic mass is 9.97. The summed E-state index contributed by atoms with van der Waals surface area (Å²) in [5.41, 5.74) is 3.42. The molecule has 1 aromatic heterocycles. The molecule has 1 atom stereocenters. The maximum atomic E-state index is 12.4. The monoisotopic (exact) mass is 565 g/mol. The molecule has 3 aromatic carbocycles. The molecule has 10 nitrogen and oxygen atoms in total. The number of benzene rings is 3. The molecule has 0 saturated carbocycles. The van der Waals surface area contributed by atoms with Gasteiger partial charge in [0.05, 0.1) is 36.8 Å². The molecule has 10 heteroatoms. The van der Waals surface area contributed by atoms with E-state index in [4.69, 9.17) is 9.57 Å². The Hall–Kier alpha value is -4.67. The van der Waals surface area contributed by atoms with Crippen molar-refractivity contribution in [3.63, 3.8) is 0 Å². The van der Waals surface area contributed by atoms with Crippen LogP contribution in [0.2, 0.25) is 0 Å². The van der Waals surface area contributed by atoms with Gasteiger partial charge in [0.1, 0.15) is 17.9 Å². The van der Waals surface area contributed by atoms with E-state index in [0.29, 0.717) is 35.4 Å². The topological polar surface area (TPSA) is 95.1 Å². The minimum Gasteiger partial charge on any atom is -0.494 e. The number of aromatic nitrogens is 2. The molecule has 0 bridgehead atoms. The van der Waals surface area contributed by atoms with E-state index in [1.165, 1.54) is 28.7 Å². The number of fused-ring (bicyclic) bond motifs is 1. The number of amides is 1. The van der Waals surface area contributed by atoms with Gasteiger partial charge in [0, 0.05) is 44.7 Å². The quantitative estimate of drug-likeness (QED) is 0.282. The highest BCUT2D eigenvalue weighted by molar-refractivity contribution is 6.02. The number of rotatable bonds is 8. The number of anilines is 5. The fourth-order valence-electron chi connectivity index (χ4n) is 5.62. The van der Waals surface area contributed by atoms with Gasteiger partial charge in [-0.2, -0.15) is 0 Å². The number of nitrogens with zero attached hydrogens (tertiary/aromatic N) is 5. The second-order valence-electron chi connectivity index (χ2n) is 10.5. The third kappa shape index (κ3) is 5.59. The fraction of sp³-hybridized carbons (Fsp3) is 0.281. The maximum Gasteiger partial charge on any atom is 0.247 e. The Bertz CT molecular complexity index is 1600. The molecular weight excluding hydrogens is 530 g/mol. The van der Waals surface area contributed by atoms with Crippen LogP contribution < -0.4 is 25.3 Å². The van der Waals surface area contributed by atoms with Gasteiger partial charge in [-0.3, -0.25) is 9.63 Å². The lowest BCUT2D eigenvalue weighted by Gasteiger charge is -2.35. The molecule has 0 spiro atoms. The third-order valence-electron chi connectivity index (χ3n) is 7.83. The smallest absolute Gasteiger partial charge is 0.247 e. The summed E-state index contributed by atoms with van der Waals surface area (Å²) in [5, 5.41) is 10.6. The Labute approximate surface area is 245 Å². The van der Waals surface area contributed by atoms with Gasteiger partial charge in [-0.15, -0.1) is 0 Å². The van der Waals surface area contributed by atoms with E-state index in [1.54, 1.807) is 7.11 Å². The van der Waals surface area contributed by atoms with Crippen LogP contribution in [0.3, 0.4) is 0 Å². The summed E-state index contributed by atoms with van der Waals surface area (Å²) in [6.07, 6.45) is 3.63. The van der Waals surface area contributed by atoms with E-state index in [9.17, 15) is 4.79 Å². The zero-order valence-electron chi connectivity index (χ0n) is 23.9. The maximum absolute atomic E-state index is 12.4. The Balaban J connectivity index is 1.31. The Kier molecular flexibility index (Phi) is 7.89. The van der Waals surface area contributed by atoms with Crippen LogP contribution in [0.1, 0.15) is 18.0 Å². The minimum atomic E-state index is -0.281. The second kappa shape index (κ2) is 12.1. The largest absolute Gasteiger partial charge is 0.494 e. The first-order valence-electron chi connectivity index (χ1n) is 14.1. The van der Waals surface area contributed by atoms with Crippen molar-refractivity contribution in [2.75, 3.05) is 67.5 Å². The summed E-state index contributed by atoms with van der Waals surface area (Å²) < 4.78 is 5.79. The predicted molar refractivity (Wildman–Crippen MR) is 167 cm³/mol. The van der Waals surface area contributed by atoms with Crippen LogP contribution in [-0.4, -0.2) is 67.7 Å². The van der Waals surface area contributed by atoms with E-state index < -0.39 is 0 Å². The van der Waals surface area contributed by atoms with E-state index in [0.717, 1.165) is 38.3 Å². The molecule has 2 saturated heterocycles. The number of ether oxygens (including phenoxy) is 1. The van der Waals surface area contributed by atoms with Crippen LogP contribution in [0.25, 0.3) is 10.8 Å². The summed E-state index contributed by atoms with van der Waals surface area (Å²) in [6, 6.07) is 20.5. The molecule has 0 aliphatic carbocycles. The molecule has 2 aliphatic heterocycles. The SMILES string of the molecule is C=CC(=O)Nc1cc(Nc2cc(N3OCCC3c3cccc4ccccc34)ncn2)c(OC)cc1N1CCN(C)CC1. The highest BCUT2D eigenvalue weighted by Crippen LogP contribution is 2.40. The normalized spacial score (nSPS) is 17.3. The Morgan fingerprint density at radius 1 is 1.05 bits per heavy atom. The molecule has 42 heavy (non-hydrogen) atoms. The highest BCUT2D eigenvalue weighted by Gasteiger charge is 2.30. The fourth-order valence-corrected chi connectivity index (χ4v) is 5.62. The summed E-state index contributed by atoms with van der Waals surface area (Å²) >= 11 is 0. The molecule has 0 radical (unpaired) electrons. The van der Waals surface area contributed by atoms with Crippen molar-refractivity contribution in [3.8, 4) is 5.75 Å². The van der Waals surface area contributed by atoms with Gasteiger partial charge >= 0.3 is 0 Å². The van der Waals surface area contributed by atoms with E-state index in [-0.39, 0.29) is 11.9 Å². The van der Waals surface area contributed by atoms with E-state index >= 15 is 0 Å². The first-order chi connectivity index (χ1) is 20.5. The van der Waals surface area contributed by atoms with Crippen LogP contribution in [0.4, 0.5) is 28.7 Å². The van der Waals surface area contributed by atoms with Gasteiger partial charge in [0.15, 0.2) is 5.82 Å². The standard InChI is InChI=1S/C32H35N7O3/c1-4-32(40)36-25-18-26(29(41-3)19-28(25)38-15-13-37(2)14-16-38)35-30-20-31(34-21-33-30)39-27(12-17-42-39)24-11-7-9-22-8-5-6-10-23(22)24/h4-11,18-21,27H,1,12-17H2,2-3H3,(H,36,40)(H,33,34,35). The molecular formula is C32H35N7O3. The lowest BCUT2D eigenvalue weighted by Crippen LogP contribution is -2.44. The van der Waals surface area contributed by atoms with Gasteiger partial charge < -0.3 is 25.2 Å². The summed E-state index contributed by atoms with van der Waals surface area (Å²) in [7, 11) is 3.74. The van der Waals surface area contributed by atoms with Crippen LogP contribution in [0.5, 0.6) is 5.75 Å². The zero-order chi connectivity index (χ0) is 29.1. The molecule has 2 fully saturated rings. The van der Waals surface area contributed by atoms with E-state index in [2.05, 4.69) is 86.5 Å². The van der Waals surface area contributed by atoms with Crippen molar-refractivity contribution >= 4 is 45.4 Å². The van der Waals surface area contributed by atoms with Gasteiger partial charge in [-0.05, 0) is 35.5 Å². The molecule has 4 aromatic rings. The van der Waals surface area contributed by atoms with Crippen molar-refractivity contribution < 1.29 is 14.4 Å². The lowest BCUT2D eigenvalue weighted by molar-refractivity contribution is -0.111. The second-order valence-corrected chi connectivity index (χ2v) is 10.5. The number of methoxy groups -OCH3 is 1. The molecule has 216 valence electrons. The van der Waals surface area contributed by atoms with Crippen molar-refractivity contribution in [1.29, 1.82) is 0 Å². The molecule has 1 unspecified atom stereocenters. The number of hydroxylamine groups is 1. The predicted octanol–water partition coefficient (Wildman–Crippen LogP) is 5.14. The number of piperazine rings is 1. The molecule has 6 rings (SSSR count). The Morgan fingerprint density at radius 3 is 2.67 bits per heavy atom. The number of nitrogens with one attached hydrogen (secondary N) is 2. The molecule has 3 heterocycles. The van der Waals surface area contributed by atoms with Crippen LogP contribution in [-0.2, 0) is 9.63 Å². The zero-order valence-corrected chi connectivity index (χ0v) is 23.9. The average Bonchev–Trinajstić information content (AvgIpc) is 3.51. The minimum absolute atomic E-state index is 0.0111. The van der Waals surface area contributed by atoms with Crippen molar-refractivity contribution in [2.45, 2.75) is 12.5 Å². The number of hydrogen-bond acceptors (Lipinski definition) is 9. The van der Waals surface area contributed by atoms with Crippen LogP contribution in [0, 0.1) is 0 Å². The van der Waals surface area contributed by atoms with E-state index in [1.807, 2.05) is 23.3 Å². The van der Waals surface area contributed by atoms with Crippen molar-refractivity contribution in [3.05, 3.63) is 85.2 Å². The van der Waals surface area contributed by atoms with Crippen molar-refractivity contribution in [1.82, 2.24) is 14.9 Å². The number of carbonyl (C=O) groups excluding carboxylic acids is 1. The van der Waals surface area contributed by atoms with Gasteiger partial charge in [-0.25, -0.2) is 15.0 Å². The molecule has 1 amide bonds. The number of carbonyl (C=O) groups is 1. The van der Waals surface area contributed by atoms with Crippen molar-refractivity contribution in [2.24, 2.45) is 0 Å². The highest BCUT2D eigenvalue weighted by atomic mass is 16.7. The molecule has 2 N–H and O–H groups in total. The number of likely N-dealkylation sites (N-methyl/N-ethyl adjacent to an activating group) is 1. The van der Waals surface area contributed by atoms with Crippen LogP contribution in [0.15, 0.2) is 79.6 Å². The first kappa shape index (κ1) is 27.5. The third-order valence-corrected chi connectivity index (χ3v) is 7.83. The van der Waals surface area contributed by atoms with Gasteiger partial charge in [0.25, 0.3) is 0 Å². The summed E-state index contributed by atoms with van der Waals surface area (Å²) in [6.45, 7) is 7.75.